The lowest BCUT2D eigenvalue weighted by Crippen LogP contribution is -2.09. The van der Waals surface area contributed by atoms with Crippen LogP contribution in [0.25, 0.3) is 0 Å². The Morgan fingerprint density at radius 1 is 1.54 bits per heavy atom. The summed E-state index contributed by atoms with van der Waals surface area (Å²) in [5.41, 5.74) is 1.17. The molecule has 0 amide bonds. The average Bonchev–Trinajstić information content (AvgIpc) is 2.62. The van der Waals surface area contributed by atoms with Gasteiger partial charge in [0, 0.05) is 5.41 Å². The van der Waals surface area contributed by atoms with Gasteiger partial charge in [-0.15, -0.1) is 0 Å². The van der Waals surface area contributed by atoms with Crippen LogP contribution in [-0.4, -0.2) is 5.78 Å². The first-order valence-electron chi connectivity index (χ1n) is 5.01. The maximum absolute atomic E-state index is 11.1. The monoisotopic (exact) mass is 176 g/mol. The molecule has 13 heavy (non-hydrogen) atoms. The fourth-order valence-corrected chi connectivity index (χ4v) is 2.50. The Hall–Kier alpha value is -0.850. The van der Waals surface area contributed by atoms with Gasteiger partial charge in [0.2, 0.25) is 0 Å². The highest BCUT2D eigenvalue weighted by molar-refractivity contribution is 5.92. The van der Waals surface area contributed by atoms with E-state index in [0.717, 1.165) is 11.5 Å². The number of hydrogen-bond donors (Lipinski definition) is 0. The van der Waals surface area contributed by atoms with E-state index in [1.807, 2.05) is 6.92 Å². The number of hydrogen-bond acceptors (Lipinski definition) is 1. The first-order chi connectivity index (χ1) is 6.11. The molecule has 0 aromatic rings. The van der Waals surface area contributed by atoms with E-state index in [0.29, 0.717) is 0 Å². The lowest BCUT2D eigenvalue weighted by Gasteiger charge is -2.19. The number of ketones is 1. The van der Waals surface area contributed by atoms with Gasteiger partial charge in [0.1, 0.15) is 0 Å². The Bertz CT molecular complexity index is 298. The highest BCUT2D eigenvalue weighted by Gasteiger charge is 2.38. The second kappa shape index (κ2) is 2.83. The van der Waals surface area contributed by atoms with Crippen molar-refractivity contribution < 1.29 is 4.79 Å². The summed E-state index contributed by atoms with van der Waals surface area (Å²) < 4.78 is 0. The quantitative estimate of drug-likeness (QED) is 0.467. The molecule has 0 N–H and O–H groups in total. The molecule has 1 nitrogen and oxygen atoms in total. The highest BCUT2D eigenvalue weighted by atomic mass is 16.1. The van der Waals surface area contributed by atoms with Crippen LogP contribution in [0.5, 0.6) is 0 Å². The standard InChI is InChI=1S/C12H16O/c1-9(10(2)13)7-12-5-3-11(8-12)4-6-12/h3,5,7,11H,4,6,8H2,1-2H3/b9-7+. The molecule has 1 heteroatoms. The van der Waals surface area contributed by atoms with Gasteiger partial charge >= 0.3 is 0 Å². The topological polar surface area (TPSA) is 17.1 Å². The van der Waals surface area contributed by atoms with Crippen LogP contribution >= 0.6 is 0 Å². The van der Waals surface area contributed by atoms with Crippen molar-refractivity contribution in [3.05, 3.63) is 23.8 Å². The van der Waals surface area contributed by atoms with Crippen LogP contribution in [0.2, 0.25) is 0 Å². The Labute approximate surface area is 79.5 Å². The van der Waals surface area contributed by atoms with Crippen LogP contribution in [-0.2, 0) is 4.79 Å². The van der Waals surface area contributed by atoms with E-state index in [1.54, 1.807) is 6.92 Å². The van der Waals surface area contributed by atoms with Gasteiger partial charge in [-0.25, -0.2) is 0 Å². The molecule has 0 spiro atoms. The normalized spacial score (nSPS) is 37.1. The summed E-state index contributed by atoms with van der Waals surface area (Å²) in [6.07, 6.45) is 10.6. The molecule has 0 saturated heterocycles. The van der Waals surface area contributed by atoms with E-state index in [9.17, 15) is 4.79 Å². The summed E-state index contributed by atoms with van der Waals surface area (Å²) >= 11 is 0. The first-order valence-corrected chi connectivity index (χ1v) is 5.01. The summed E-state index contributed by atoms with van der Waals surface area (Å²) in [4.78, 5) is 11.1. The number of fused-ring (bicyclic) bond motifs is 2. The lowest BCUT2D eigenvalue weighted by molar-refractivity contribution is -0.113. The molecule has 2 atom stereocenters. The van der Waals surface area contributed by atoms with Crippen LogP contribution in [0.1, 0.15) is 33.1 Å². The van der Waals surface area contributed by atoms with E-state index in [4.69, 9.17) is 0 Å². The van der Waals surface area contributed by atoms with Crippen molar-refractivity contribution in [3.8, 4) is 0 Å². The Balaban J connectivity index is 2.22. The average molecular weight is 176 g/mol. The SMILES string of the molecule is CC(=O)/C(C)=C/C12C=CC(CC1)C2. The molecule has 0 aromatic heterocycles. The smallest absolute Gasteiger partial charge is 0.155 e. The van der Waals surface area contributed by atoms with Gasteiger partial charge in [0.05, 0.1) is 0 Å². The Morgan fingerprint density at radius 3 is 2.69 bits per heavy atom. The van der Waals surface area contributed by atoms with E-state index >= 15 is 0 Å². The molecule has 2 unspecified atom stereocenters. The third-order valence-corrected chi connectivity index (χ3v) is 3.38. The largest absolute Gasteiger partial charge is 0.295 e. The summed E-state index contributed by atoms with van der Waals surface area (Å²) in [5, 5.41) is 0. The van der Waals surface area contributed by atoms with Gasteiger partial charge in [-0.3, -0.25) is 4.79 Å². The van der Waals surface area contributed by atoms with Crippen LogP contribution in [0, 0.1) is 11.3 Å². The van der Waals surface area contributed by atoms with Crippen LogP contribution in [0.4, 0.5) is 0 Å². The first kappa shape index (κ1) is 8.74. The predicted octanol–water partition coefficient (Wildman–Crippen LogP) is 2.88. The zero-order valence-electron chi connectivity index (χ0n) is 8.34. The molecule has 0 radical (unpaired) electrons. The van der Waals surface area contributed by atoms with Crippen molar-refractivity contribution in [1.82, 2.24) is 0 Å². The van der Waals surface area contributed by atoms with Crippen molar-refractivity contribution in [3.63, 3.8) is 0 Å². The summed E-state index contributed by atoms with van der Waals surface area (Å²) in [6.45, 7) is 3.57. The van der Waals surface area contributed by atoms with Gasteiger partial charge in [-0.1, -0.05) is 18.2 Å². The minimum absolute atomic E-state index is 0.207. The minimum atomic E-state index is 0.207. The van der Waals surface area contributed by atoms with E-state index < -0.39 is 0 Å². The van der Waals surface area contributed by atoms with Crippen LogP contribution in [0.15, 0.2) is 23.8 Å². The minimum Gasteiger partial charge on any atom is -0.295 e. The predicted molar refractivity (Wildman–Crippen MR) is 53.4 cm³/mol. The molecule has 2 aliphatic carbocycles. The number of allylic oxidation sites excluding steroid dienone is 4. The maximum atomic E-state index is 11.1. The van der Waals surface area contributed by atoms with Crippen molar-refractivity contribution in [2.45, 2.75) is 33.1 Å². The molecule has 0 heterocycles. The molecule has 2 bridgehead atoms. The van der Waals surface area contributed by atoms with Gasteiger partial charge in [-0.2, -0.15) is 0 Å². The van der Waals surface area contributed by atoms with Crippen LogP contribution in [0.3, 0.4) is 0 Å². The van der Waals surface area contributed by atoms with E-state index in [-0.39, 0.29) is 11.2 Å². The Kier molecular flexibility index (Phi) is 1.90. The van der Waals surface area contributed by atoms with Gasteiger partial charge in [0.25, 0.3) is 0 Å². The molecule has 1 fully saturated rings. The molecule has 2 aliphatic rings. The van der Waals surface area contributed by atoms with Crippen LogP contribution < -0.4 is 0 Å². The van der Waals surface area contributed by atoms with Gasteiger partial charge in [-0.05, 0) is 44.6 Å². The number of carbonyl (C=O) groups is 1. The van der Waals surface area contributed by atoms with Crippen molar-refractivity contribution >= 4 is 5.78 Å². The maximum Gasteiger partial charge on any atom is 0.155 e. The molecule has 0 aliphatic heterocycles. The van der Waals surface area contributed by atoms with Crippen molar-refractivity contribution in [2.75, 3.05) is 0 Å². The zero-order valence-corrected chi connectivity index (χ0v) is 8.34. The molecule has 70 valence electrons. The van der Waals surface area contributed by atoms with Gasteiger partial charge in [0.15, 0.2) is 5.78 Å². The molecule has 1 saturated carbocycles. The third-order valence-electron chi connectivity index (χ3n) is 3.38. The lowest BCUT2D eigenvalue weighted by atomic mass is 9.85. The van der Waals surface area contributed by atoms with Gasteiger partial charge < -0.3 is 0 Å². The molecule has 2 rings (SSSR count). The summed E-state index contributed by atoms with van der Waals surface area (Å²) in [6, 6.07) is 0. The number of carbonyl (C=O) groups excluding carboxylic acids is 1. The second-order valence-corrected chi connectivity index (χ2v) is 4.48. The summed E-state index contributed by atoms with van der Waals surface area (Å²) in [7, 11) is 0. The number of rotatable bonds is 2. The van der Waals surface area contributed by atoms with E-state index in [2.05, 4.69) is 18.2 Å². The Morgan fingerprint density at radius 2 is 2.31 bits per heavy atom. The van der Waals surface area contributed by atoms with Crippen molar-refractivity contribution in [1.29, 1.82) is 0 Å². The zero-order chi connectivity index (χ0) is 9.47. The highest BCUT2D eigenvalue weighted by Crippen LogP contribution is 2.50. The fourth-order valence-electron chi connectivity index (χ4n) is 2.50. The second-order valence-electron chi connectivity index (χ2n) is 4.48. The molecular formula is C12H16O. The van der Waals surface area contributed by atoms with E-state index in [1.165, 1.54) is 19.3 Å². The third kappa shape index (κ3) is 1.48. The van der Waals surface area contributed by atoms with Crippen molar-refractivity contribution in [2.24, 2.45) is 11.3 Å². The summed E-state index contributed by atoms with van der Waals surface area (Å²) in [5.74, 6) is 0.995. The number of Topliss-reactive ketones (excluding diaryl/α,β-unsaturated/α-hetero) is 1. The fraction of sp³-hybridized carbons (Fsp3) is 0.583. The molecular weight excluding hydrogens is 160 g/mol. The molecule has 0 aromatic carbocycles.